The lowest BCUT2D eigenvalue weighted by atomic mass is 9.66. The minimum atomic E-state index is -1.09. The van der Waals surface area contributed by atoms with Gasteiger partial charge in [-0.1, -0.05) is 39.5 Å². The average Bonchev–Trinajstić information content (AvgIpc) is 3.37. The zero-order chi connectivity index (χ0) is 28.5. The summed E-state index contributed by atoms with van der Waals surface area (Å²) < 4.78 is 12.1. The van der Waals surface area contributed by atoms with E-state index in [0.29, 0.717) is 38.8 Å². The number of hydrogen-bond acceptors (Lipinski definition) is 6. The number of esters is 1. The number of fused-ring (bicyclic) bond motifs is 1. The molecule has 3 rings (SSSR count). The number of aliphatic hydroxyl groups excluding tert-OH is 1. The van der Waals surface area contributed by atoms with Crippen LogP contribution in [0.2, 0.25) is 0 Å². The molecule has 0 aromatic rings. The lowest BCUT2D eigenvalue weighted by Crippen LogP contribution is -2.61. The summed E-state index contributed by atoms with van der Waals surface area (Å²) in [6.07, 6.45) is 7.08. The van der Waals surface area contributed by atoms with Crippen molar-refractivity contribution in [2.75, 3.05) is 26.3 Å². The summed E-state index contributed by atoms with van der Waals surface area (Å²) in [6, 6.07) is -0.840. The number of hydrogen-bond donors (Lipinski definition) is 1. The number of unbranched alkanes of at least 4 members (excludes halogenated alkanes) is 2. The van der Waals surface area contributed by atoms with Gasteiger partial charge in [0.25, 0.3) is 0 Å². The van der Waals surface area contributed by atoms with Gasteiger partial charge in [-0.15, -0.1) is 6.58 Å². The van der Waals surface area contributed by atoms with Gasteiger partial charge in [0.05, 0.1) is 11.5 Å². The van der Waals surface area contributed by atoms with Gasteiger partial charge < -0.3 is 24.4 Å². The summed E-state index contributed by atoms with van der Waals surface area (Å²) in [6.45, 7) is 20.8. The van der Waals surface area contributed by atoms with E-state index in [0.717, 1.165) is 12.8 Å². The van der Waals surface area contributed by atoms with Gasteiger partial charge in [-0.25, -0.2) is 0 Å². The zero-order valence-corrected chi connectivity index (χ0v) is 24.3. The Hall–Kier alpha value is -2.19. The summed E-state index contributed by atoms with van der Waals surface area (Å²) in [7, 11) is 0. The van der Waals surface area contributed by atoms with E-state index in [2.05, 4.69) is 47.8 Å². The molecule has 3 fully saturated rings. The molecule has 38 heavy (non-hydrogen) atoms. The topological polar surface area (TPSA) is 96.4 Å². The molecule has 2 amide bonds. The molecule has 8 heteroatoms. The van der Waals surface area contributed by atoms with Crippen LogP contribution in [0.15, 0.2) is 25.3 Å². The predicted octanol–water partition coefficient (Wildman–Crippen LogP) is 3.87. The quantitative estimate of drug-likeness (QED) is 0.220. The van der Waals surface area contributed by atoms with E-state index in [-0.39, 0.29) is 30.4 Å². The Labute approximate surface area is 228 Å². The summed E-state index contributed by atoms with van der Waals surface area (Å²) in [5.74, 6) is -2.42. The molecule has 0 aromatic heterocycles. The normalized spacial score (nSPS) is 30.3. The van der Waals surface area contributed by atoms with Crippen molar-refractivity contribution in [3.8, 4) is 0 Å². The van der Waals surface area contributed by atoms with Crippen molar-refractivity contribution >= 4 is 17.8 Å². The zero-order valence-electron chi connectivity index (χ0n) is 24.3. The van der Waals surface area contributed by atoms with Gasteiger partial charge in [-0.3, -0.25) is 14.4 Å². The molecule has 214 valence electrons. The largest absolute Gasteiger partial charge is 0.461 e. The van der Waals surface area contributed by atoms with Gasteiger partial charge in [0.2, 0.25) is 11.8 Å². The first-order chi connectivity index (χ1) is 17.7. The van der Waals surface area contributed by atoms with Crippen molar-refractivity contribution < 1.29 is 29.0 Å². The number of likely N-dealkylation sites (tertiary alicyclic amines) is 1. The molecule has 0 aliphatic carbocycles. The second kappa shape index (κ2) is 11.1. The highest BCUT2D eigenvalue weighted by Gasteiger charge is 2.78. The predicted molar refractivity (Wildman–Crippen MR) is 146 cm³/mol. The van der Waals surface area contributed by atoms with Crippen molar-refractivity contribution in [3.05, 3.63) is 25.3 Å². The lowest BCUT2D eigenvalue weighted by molar-refractivity contribution is -0.160. The minimum absolute atomic E-state index is 0.0324. The van der Waals surface area contributed by atoms with Crippen LogP contribution in [0.3, 0.4) is 0 Å². The van der Waals surface area contributed by atoms with E-state index >= 15 is 0 Å². The Bertz CT molecular complexity index is 940. The number of carbonyl (C=O) groups excluding carboxylic acids is 3. The first-order valence-electron chi connectivity index (χ1n) is 14.0. The van der Waals surface area contributed by atoms with Gasteiger partial charge in [0.15, 0.2) is 0 Å². The third kappa shape index (κ3) is 5.44. The summed E-state index contributed by atoms with van der Waals surface area (Å²) in [5, 5.41) is 9.25. The van der Waals surface area contributed by atoms with Crippen LogP contribution in [0.1, 0.15) is 80.1 Å². The highest BCUT2D eigenvalue weighted by atomic mass is 16.6. The Kier molecular flexibility index (Phi) is 8.89. The van der Waals surface area contributed by atoms with Gasteiger partial charge in [-0.2, -0.15) is 0 Å². The van der Waals surface area contributed by atoms with Crippen molar-refractivity contribution in [1.82, 2.24) is 9.80 Å². The number of amides is 2. The lowest BCUT2D eigenvalue weighted by Gasteiger charge is -2.45. The smallest absolute Gasteiger partial charge is 0.313 e. The van der Waals surface area contributed by atoms with Crippen LogP contribution in [0.5, 0.6) is 0 Å². The van der Waals surface area contributed by atoms with Crippen molar-refractivity contribution in [2.24, 2.45) is 17.3 Å². The van der Waals surface area contributed by atoms with Crippen molar-refractivity contribution in [2.45, 2.75) is 103 Å². The van der Waals surface area contributed by atoms with Crippen LogP contribution < -0.4 is 0 Å². The fourth-order valence-corrected chi connectivity index (χ4v) is 7.41. The summed E-state index contributed by atoms with van der Waals surface area (Å²) in [5.41, 5.74) is -2.50. The maximum absolute atomic E-state index is 14.6. The molecule has 3 heterocycles. The van der Waals surface area contributed by atoms with Crippen molar-refractivity contribution in [3.63, 3.8) is 0 Å². The van der Waals surface area contributed by atoms with Crippen molar-refractivity contribution in [1.29, 1.82) is 0 Å². The van der Waals surface area contributed by atoms with Crippen LogP contribution in [0.4, 0.5) is 0 Å². The molecule has 3 aliphatic heterocycles. The number of rotatable bonds is 13. The van der Waals surface area contributed by atoms with E-state index in [9.17, 15) is 19.5 Å². The molecule has 5 atom stereocenters. The SMILES string of the molecule is C=CCOC(=O)[C@H]1[C@H]2C(=O)N(CCCCCO)C(C(=O)N(CC=C)C(C)(C)CC(C)(C)C)C23CC[C@]1(C)O3. The van der Waals surface area contributed by atoms with Gasteiger partial charge >= 0.3 is 5.97 Å². The maximum Gasteiger partial charge on any atom is 0.313 e. The monoisotopic (exact) mass is 532 g/mol. The molecule has 3 saturated heterocycles. The number of carbonyl (C=O) groups is 3. The Morgan fingerprint density at radius 3 is 2.42 bits per heavy atom. The molecule has 8 nitrogen and oxygen atoms in total. The number of ether oxygens (including phenoxy) is 2. The van der Waals surface area contributed by atoms with Crippen LogP contribution >= 0.6 is 0 Å². The maximum atomic E-state index is 14.6. The van der Waals surface area contributed by atoms with E-state index in [1.54, 1.807) is 11.0 Å². The van der Waals surface area contributed by atoms with Crippen LogP contribution in [-0.4, -0.2) is 81.8 Å². The van der Waals surface area contributed by atoms with Gasteiger partial charge in [-0.05, 0) is 64.7 Å². The van der Waals surface area contributed by atoms with E-state index < -0.39 is 40.6 Å². The summed E-state index contributed by atoms with van der Waals surface area (Å²) >= 11 is 0. The molecular weight excluding hydrogens is 484 g/mol. The van der Waals surface area contributed by atoms with Crippen LogP contribution in [0, 0.1) is 17.3 Å². The van der Waals surface area contributed by atoms with Crippen LogP contribution in [0.25, 0.3) is 0 Å². The third-order valence-electron chi connectivity index (χ3n) is 8.44. The Morgan fingerprint density at radius 2 is 1.84 bits per heavy atom. The highest BCUT2D eigenvalue weighted by Crippen LogP contribution is 2.63. The fraction of sp³-hybridized carbons (Fsp3) is 0.767. The molecule has 0 saturated carbocycles. The second-order valence-corrected chi connectivity index (χ2v) is 13.2. The molecule has 2 bridgehead atoms. The molecule has 1 N–H and O–H groups in total. The first-order valence-corrected chi connectivity index (χ1v) is 14.0. The first kappa shape index (κ1) is 30.4. The third-order valence-corrected chi connectivity index (χ3v) is 8.44. The average molecular weight is 533 g/mol. The number of nitrogens with zero attached hydrogens (tertiary/aromatic N) is 2. The van der Waals surface area contributed by atoms with Crippen LogP contribution in [-0.2, 0) is 23.9 Å². The minimum Gasteiger partial charge on any atom is -0.461 e. The van der Waals surface area contributed by atoms with Gasteiger partial charge in [0, 0.05) is 25.2 Å². The standard InChI is InChI=1S/C30H48N2O6/c1-9-16-32(28(6,7)20-27(3,4)5)25(35)23-30-15-14-29(8,38-30)22(26(36)37-19-10-2)21(30)24(34)31(23)17-12-11-13-18-33/h9-10,21-23,33H,1-2,11-20H2,3-8H3/t21-,22+,23?,29-,30?/m0/s1. The van der Waals surface area contributed by atoms with E-state index in [4.69, 9.17) is 9.47 Å². The molecule has 3 aliphatic rings. The van der Waals surface area contributed by atoms with Gasteiger partial charge in [0.1, 0.15) is 24.2 Å². The molecule has 0 aromatic carbocycles. The molecule has 2 unspecified atom stereocenters. The Morgan fingerprint density at radius 1 is 1.16 bits per heavy atom. The highest BCUT2D eigenvalue weighted by molar-refractivity contribution is 5.98. The molecule has 0 radical (unpaired) electrons. The summed E-state index contributed by atoms with van der Waals surface area (Å²) in [4.78, 5) is 45.5. The Balaban J connectivity index is 2.06. The second-order valence-electron chi connectivity index (χ2n) is 13.2. The molecular formula is C30H48N2O6. The van der Waals surface area contributed by atoms with E-state index in [1.807, 2.05) is 11.8 Å². The fourth-order valence-electron chi connectivity index (χ4n) is 7.41. The molecule has 1 spiro atoms. The number of aliphatic hydroxyl groups is 1. The van der Waals surface area contributed by atoms with E-state index in [1.165, 1.54) is 6.08 Å².